The third-order valence-corrected chi connectivity index (χ3v) is 3.69. The Kier molecular flexibility index (Phi) is 5.50. The summed E-state index contributed by atoms with van der Waals surface area (Å²) in [5.74, 6) is 0.272. The van der Waals surface area contributed by atoms with E-state index in [4.69, 9.17) is 4.74 Å². The lowest BCUT2D eigenvalue weighted by Crippen LogP contribution is -2.43. The molecular formula is C16H19N5O3. The number of hydrogen-bond donors (Lipinski definition) is 0. The first-order valence-corrected chi connectivity index (χ1v) is 7.35. The normalized spacial score (nSPS) is 10.4. The maximum atomic E-state index is 12.3. The molecule has 24 heavy (non-hydrogen) atoms. The summed E-state index contributed by atoms with van der Waals surface area (Å²) in [7, 11) is 4.46. The van der Waals surface area contributed by atoms with Gasteiger partial charge in [-0.2, -0.15) is 5.26 Å². The summed E-state index contributed by atoms with van der Waals surface area (Å²) < 4.78 is 7.35. The van der Waals surface area contributed by atoms with Gasteiger partial charge in [0.1, 0.15) is 11.9 Å². The van der Waals surface area contributed by atoms with Crippen LogP contribution in [0, 0.1) is 11.3 Å². The van der Waals surface area contributed by atoms with Gasteiger partial charge in [0.05, 0.1) is 18.8 Å². The van der Waals surface area contributed by atoms with Gasteiger partial charge in [-0.3, -0.25) is 18.9 Å². The smallest absolute Gasteiger partial charge is 0.332 e. The van der Waals surface area contributed by atoms with Crippen molar-refractivity contribution in [2.24, 2.45) is 14.1 Å². The number of ether oxygens (including phenoxy) is 1. The first-order valence-electron chi connectivity index (χ1n) is 7.35. The van der Waals surface area contributed by atoms with Crippen LogP contribution in [0.5, 0.6) is 0 Å². The zero-order valence-corrected chi connectivity index (χ0v) is 13.9. The first kappa shape index (κ1) is 17.4. The molecule has 0 radical (unpaired) electrons. The van der Waals surface area contributed by atoms with E-state index in [2.05, 4.69) is 4.98 Å². The molecular weight excluding hydrogens is 310 g/mol. The number of rotatable bonds is 6. The van der Waals surface area contributed by atoms with Gasteiger partial charge in [0.25, 0.3) is 5.56 Å². The quantitative estimate of drug-likeness (QED) is 0.741. The van der Waals surface area contributed by atoms with Gasteiger partial charge in [0.2, 0.25) is 0 Å². The Morgan fingerprint density at radius 1 is 1.29 bits per heavy atom. The molecule has 2 aromatic heterocycles. The van der Waals surface area contributed by atoms with Crippen LogP contribution in [0.3, 0.4) is 0 Å². The van der Waals surface area contributed by atoms with Crippen molar-refractivity contribution < 1.29 is 4.74 Å². The van der Waals surface area contributed by atoms with Crippen molar-refractivity contribution in [1.82, 2.24) is 14.1 Å². The van der Waals surface area contributed by atoms with E-state index in [0.717, 1.165) is 10.3 Å². The molecule has 2 aromatic rings. The predicted octanol–water partition coefficient (Wildman–Crippen LogP) is 0.00368. The third-order valence-electron chi connectivity index (χ3n) is 3.69. The minimum atomic E-state index is -0.612. The van der Waals surface area contributed by atoms with E-state index < -0.39 is 11.2 Å². The first-order chi connectivity index (χ1) is 11.5. The molecule has 0 aromatic carbocycles. The standard InChI is InChI=1S/C16H19N5O3/c1-19-14(13(10-17)15(22)20(2)16(19)23)21(8-9-24-3)11-12-6-4-5-7-18-12/h4-7H,8-9,11H2,1-3H3. The molecule has 0 spiro atoms. The molecule has 2 rings (SSSR count). The number of aromatic nitrogens is 3. The molecule has 0 fully saturated rings. The summed E-state index contributed by atoms with van der Waals surface area (Å²) in [6.07, 6.45) is 1.66. The van der Waals surface area contributed by atoms with Crippen molar-refractivity contribution in [3.8, 4) is 6.07 Å². The maximum Gasteiger partial charge on any atom is 0.332 e. The van der Waals surface area contributed by atoms with Crippen LogP contribution in [0.25, 0.3) is 0 Å². The van der Waals surface area contributed by atoms with Crippen LogP contribution < -0.4 is 16.1 Å². The van der Waals surface area contributed by atoms with Crippen LogP contribution in [-0.4, -0.2) is 34.4 Å². The lowest BCUT2D eigenvalue weighted by molar-refractivity contribution is 0.204. The summed E-state index contributed by atoms with van der Waals surface area (Å²) in [5, 5.41) is 9.43. The van der Waals surface area contributed by atoms with Gasteiger partial charge in [0.15, 0.2) is 5.56 Å². The average Bonchev–Trinajstić information content (AvgIpc) is 2.60. The monoisotopic (exact) mass is 329 g/mol. The van der Waals surface area contributed by atoms with Gasteiger partial charge >= 0.3 is 5.69 Å². The molecule has 0 saturated heterocycles. The number of hydrogen-bond acceptors (Lipinski definition) is 6. The predicted molar refractivity (Wildman–Crippen MR) is 88.8 cm³/mol. The zero-order chi connectivity index (χ0) is 17.7. The highest BCUT2D eigenvalue weighted by Crippen LogP contribution is 2.17. The topological polar surface area (TPSA) is 93.2 Å². The van der Waals surface area contributed by atoms with Gasteiger partial charge < -0.3 is 9.64 Å². The minimum absolute atomic E-state index is 0.0772. The van der Waals surface area contributed by atoms with Crippen LogP contribution in [0.15, 0.2) is 34.0 Å². The van der Waals surface area contributed by atoms with Crippen molar-refractivity contribution in [3.05, 3.63) is 56.5 Å². The molecule has 0 atom stereocenters. The molecule has 0 bridgehead atoms. The van der Waals surface area contributed by atoms with E-state index in [1.165, 1.54) is 18.7 Å². The summed E-state index contributed by atoms with van der Waals surface area (Å²) in [6.45, 7) is 1.13. The number of anilines is 1. The Balaban J connectivity index is 2.60. The molecule has 126 valence electrons. The van der Waals surface area contributed by atoms with E-state index in [0.29, 0.717) is 19.7 Å². The van der Waals surface area contributed by atoms with E-state index >= 15 is 0 Å². The second-order valence-electron chi connectivity index (χ2n) is 5.25. The number of pyridine rings is 1. The van der Waals surface area contributed by atoms with Crippen LogP contribution in [0.2, 0.25) is 0 Å². The highest BCUT2D eigenvalue weighted by atomic mass is 16.5. The molecule has 0 N–H and O–H groups in total. The molecule has 0 unspecified atom stereocenters. The van der Waals surface area contributed by atoms with E-state index in [9.17, 15) is 14.9 Å². The van der Waals surface area contributed by atoms with E-state index in [-0.39, 0.29) is 11.4 Å². The second kappa shape index (κ2) is 7.57. The Labute approximate surface area is 139 Å². The minimum Gasteiger partial charge on any atom is -0.383 e. The van der Waals surface area contributed by atoms with Gasteiger partial charge in [-0.15, -0.1) is 0 Å². The Morgan fingerprint density at radius 3 is 2.62 bits per heavy atom. The lowest BCUT2D eigenvalue weighted by Gasteiger charge is -2.27. The molecule has 0 saturated carbocycles. The van der Waals surface area contributed by atoms with Gasteiger partial charge in [-0.05, 0) is 12.1 Å². The van der Waals surface area contributed by atoms with Crippen LogP contribution >= 0.6 is 0 Å². The summed E-state index contributed by atoms with van der Waals surface area (Å²) in [5.41, 5.74) is -0.422. The largest absolute Gasteiger partial charge is 0.383 e. The fourth-order valence-corrected chi connectivity index (χ4v) is 2.45. The summed E-state index contributed by atoms with van der Waals surface area (Å²) >= 11 is 0. The van der Waals surface area contributed by atoms with Crippen LogP contribution in [-0.2, 0) is 25.4 Å². The highest BCUT2D eigenvalue weighted by Gasteiger charge is 2.21. The van der Waals surface area contributed by atoms with Gasteiger partial charge in [-0.1, -0.05) is 6.07 Å². The summed E-state index contributed by atoms with van der Waals surface area (Å²) in [6, 6.07) is 7.41. The van der Waals surface area contributed by atoms with Crippen molar-refractivity contribution in [2.45, 2.75) is 6.54 Å². The van der Waals surface area contributed by atoms with Gasteiger partial charge in [0, 0.05) is 33.9 Å². The van der Waals surface area contributed by atoms with Crippen molar-refractivity contribution >= 4 is 5.82 Å². The zero-order valence-electron chi connectivity index (χ0n) is 13.9. The van der Waals surface area contributed by atoms with Gasteiger partial charge in [-0.25, -0.2) is 4.79 Å². The molecule has 2 heterocycles. The fourth-order valence-electron chi connectivity index (χ4n) is 2.45. The molecule has 8 nitrogen and oxygen atoms in total. The molecule has 0 aliphatic heterocycles. The van der Waals surface area contributed by atoms with Crippen molar-refractivity contribution in [2.75, 3.05) is 25.2 Å². The summed E-state index contributed by atoms with van der Waals surface area (Å²) in [4.78, 5) is 30.6. The van der Waals surface area contributed by atoms with E-state index in [1.54, 1.807) is 24.3 Å². The van der Waals surface area contributed by atoms with Crippen LogP contribution in [0.4, 0.5) is 5.82 Å². The lowest BCUT2D eigenvalue weighted by atomic mass is 10.2. The molecule has 0 aliphatic carbocycles. The second-order valence-corrected chi connectivity index (χ2v) is 5.25. The molecule has 8 heteroatoms. The van der Waals surface area contributed by atoms with E-state index in [1.807, 2.05) is 18.2 Å². The third kappa shape index (κ3) is 3.36. The SMILES string of the molecule is COCCN(Cc1ccccn1)c1c(C#N)c(=O)n(C)c(=O)n1C. The molecule has 0 amide bonds. The maximum absolute atomic E-state index is 12.3. The Hall–Kier alpha value is -2.92. The van der Waals surface area contributed by atoms with Crippen LogP contribution in [0.1, 0.15) is 11.3 Å². The average molecular weight is 329 g/mol. The number of methoxy groups -OCH3 is 1. The highest BCUT2D eigenvalue weighted by molar-refractivity contribution is 5.53. The Morgan fingerprint density at radius 2 is 2.04 bits per heavy atom. The Bertz CT molecular complexity index is 864. The molecule has 0 aliphatic rings. The fraction of sp³-hybridized carbons (Fsp3) is 0.375. The number of nitriles is 1. The van der Waals surface area contributed by atoms with Crippen molar-refractivity contribution in [1.29, 1.82) is 5.26 Å². The van der Waals surface area contributed by atoms with Crippen molar-refractivity contribution in [3.63, 3.8) is 0 Å². The number of nitrogens with zero attached hydrogens (tertiary/aromatic N) is 5.